The van der Waals surface area contributed by atoms with E-state index in [1.54, 1.807) is 49.4 Å². The number of aliphatic hydroxyl groups is 1. The van der Waals surface area contributed by atoms with E-state index in [0.717, 1.165) is 48.1 Å². The number of amides is 1. The molecular weight excluding hydrogens is 971 g/mol. The van der Waals surface area contributed by atoms with Crippen LogP contribution in [0.4, 0.5) is 5.82 Å². The first kappa shape index (κ1) is 51.8. The molecule has 9 aromatic rings. The van der Waals surface area contributed by atoms with Gasteiger partial charge in [-0.15, -0.1) is 11.8 Å². The van der Waals surface area contributed by atoms with Crippen molar-refractivity contribution in [2.45, 2.75) is 60.6 Å². The lowest BCUT2D eigenvalue weighted by Crippen LogP contribution is -2.41. The topological polar surface area (TPSA) is 139 Å². The summed E-state index contributed by atoms with van der Waals surface area (Å²) in [6.45, 7) is 0.390. The minimum atomic E-state index is -1.17. The maximum Gasteiger partial charge on any atom is 0.256 e. The van der Waals surface area contributed by atoms with Gasteiger partial charge in [0.05, 0.1) is 31.9 Å². The molecule has 2 N–H and O–H groups in total. The minimum absolute atomic E-state index is 0.00833. The van der Waals surface area contributed by atoms with E-state index in [-0.39, 0.29) is 23.1 Å². The molecule has 7 aromatic carbocycles. The molecule has 0 radical (unpaired) electrons. The number of nitrogens with zero attached hydrogens (tertiary/aromatic N) is 4. The number of anilines is 1. The third-order valence-electron chi connectivity index (χ3n) is 14.1. The molecule has 0 spiro atoms. The zero-order valence-electron chi connectivity index (χ0n) is 42.6. The second-order valence-corrected chi connectivity index (χ2v) is 19.9. The second-order valence-electron chi connectivity index (χ2n) is 18.6. The van der Waals surface area contributed by atoms with Crippen molar-refractivity contribution in [2.24, 2.45) is 0 Å². The SMILES string of the molecule is COc1ccc(C(OC[C@H]2O[C@@H](n3cnc4c(NC(=O)c5ccccc5)ncnc43)[C@H](O)[C@@H]2OCCCCCCSC(c2ccccc2)(c2ccccc2)c2ccccc2)(c2ccccc2)c2ccc(OC)cc2)cc1. The fraction of sp³-hybridized carbons (Fsp3) is 0.238. The molecule has 0 saturated carbocycles. The number of carbonyl (C=O) groups is 1. The predicted molar refractivity (Wildman–Crippen MR) is 298 cm³/mol. The molecule has 13 heteroatoms. The van der Waals surface area contributed by atoms with Gasteiger partial charge in [0, 0.05) is 12.2 Å². The van der Waals surface area contributed by atoms with Crippen molar-refractivity contribution in [3.05, 3.63) is 252 Å². The molecule has 76 heavy (non-hydrogen) atoms. The summed E-state index contributed by atoms with van der Waals surface area (Å²) in [7, 11) is 3.29. The highest BCUT2D eigenvalue weighted by Crippen LogP contribution is 2.49. The summed E-state index contributed by atoms with van der Waals surface area (Å²) in [5, 5.41) is 15.3. The molecule has 1 aliphatic rings. The quantitative estimate of drug-likeness (QED) is 0.0467. The van der Waals surface area contributed by atoms with Crippen LogP contribution >= 0.6 is 11.8 Å². The molecule has 1 aliphatic heterocycles. The predicted octanol–water partition coefficient (Wildman–Crippen LogP) is 12.0. The minimum Gasteiger partial charge on any atom is -0.497 e. The van der Waals surface area contributed by atoms with Gasteiger partial charge in [-0.1, -0.05) is 177 Å². The average Bonchev–Trinajstić information content (AvgIpc) is 4.11. The van der Waals surface area contributed by atoms with Crippen molar-refractivity contribution >= 4 is 34.7 Å². The van der Waals surface area contributed by atoms with Crippen LogP contribution < -0.4 is 14.8 Å². The lowest BCUT2D eigenvalue weighted by Gasteiger charge is -2.37. The summed E-state index contributed by atoms with van der Waals surface area (Å²) in [6.07, 6.45) is 2.87. The lowest BCUT2D eigenvalue weighted by atomic mass is 9.80. The second kappa shape index (κ2) is 24.3. The Kier molecular flexibility index (Phi) is 16.6. The van der Waals surface area contributed by atoms with E-state index in [1.165, 1.54) is 23.0 Å². The molecule has 386 valence electrons. The van der Waals surface area contributed by atoms with Crippen molar-refractivity contribution in [2.75, 3.05) is 38.5 Å². The van der Waals surface area contributed by atoms with E-state index >= 15 is 0 Å². The summed E-state index contributed by atoms with van der Waals surface area (Å²) < 4.78 is 33.5. The third kappa shape index (κ3) is 10.9. The zero-order valence-corrected chi connectivity index (χ0v) is 43.4. The summed E-state index contributed by atoms with van der Waals surface area (Å²) >= 11 is 1.98. The number of hydrogen-bond donors (Lipinski definition) is 2. The highest BCUT2D eigenvalue weighted by atomic mass is 32.2. The summed E-state index contributed by atoms with van der Waals surface area (Å²) in [4.78, 5) is 26.9. The molecule has 10 rings (SSSR count). The fourth-order valence-electron chi connectivity index (χ4n) is 10.2. The van der Waals surface area contributed by atoms with Crippen LogP contribution in [0.3, 0.4) is 0 Å². The average molecular weight is 1030 g/mol. The van der Waals surface area contributed by atoms with E-state index in [0.29, 0.717) is 34.8 Å². The Balaban J connectivity index is 0.898. The number of fused-ring (bicyclic) bond motifs is 1. The van der Waals surface area contributed by atoms with Crippen molar-refractivity contribution < 1.29 is 33.6 Å². The molecule has 4 atom stereocenters. The van der Waals surface area contributed by atoms with Crippen molar-refractivity contribution in [3.8, 4) is 11.5 Å². The summed E-state index contributed by atoms with van der Waals surface area (Å²) in [5.41, 5.74) is 6.36. The van der Waals surface area contributed by atoms with Gasteiger partial charge in [-0.05, 0) is 88.4 Å². The van der Waals surface area contributed by atoms with Gasteiger partial charge in [0.15, 0.2) is 23.2 Å². The van der Waals surface area contributed by atoms with Crippen LogP contribution in [-0.4, -0.2) is 82.0 Å². The smallest absolute Gasteiger partial charge is 0.256 e. The Hall–Kier alpha value is -7.65. The van der Waals surface area contributed by atoms with Crippen molar-refractivity contribution in [1.29, 1.82) is 0 Å². The van der Waals surface area contributed by atoms with Gasteiger partial charge in [0.2, 0.25) is 0 Å². The molecule has 2 aromatic heterocycles. The summed E-state index contributed by atoms with van der Waals surface area (Å²) in [5.74, 6) is 2.25. The number of methoxy groups -OCH3 is 2. The number of aromatic nitrogens is 4. The largest absolute Gasteiger partial charge is 0.497 e. The van der Waals surface area contributed by atoms with Gasteiger partial charge in [0.25, 0.3) is 5.91 Å². The maximum absolute atomic E-state index is 13.3. The normalized spacial score (nSPS) is 16.6. The van der Waals surface area contributed by atoms with Crippen molar-refractivity contribution in [3.63, 3.8) is 0 Å². The Labute approximate surface area is 448 Å². The number of benzene rings is 7. The van der Waals surface area contributed by atoms with E-state index < -0.39 is 30.1 Å². The summed E-state index contributed by atoms with van der Waals surface area (Å²) in [6, 6.07) is 67.0. The Morgan fingerprint density at radius 2 is 1.12 bits per heavy atom. The van der Waals surface area contributed by atoms with Crippen LogP contribution in [0.2, 0.25) is 0 Å². The van der Waals surface area contributed by atoms with Crippen LogP contribution in [0.5, 0.6) is 11.5 Å². The first-order valence-corrected chi connectivity index (χ1v) is 26.7. The fourth-order valence-corrected chi connectivity index (χ4v) is 11.8. The molecule has 1 fully saturated rings. The Morgan fingerprint density at radius 1 is 0.618 bits per heavy atom. The third-order valence-corrected chi connectivity index (χ3v) is 15.7. The van der Waals surface area contributed by atoms with E-state index in [9.17, 15) is 9.90 Å². The zero-order chi connectivity index (χ0) is 52.2. The molecule has 0 aliphatic carbocycles. The van der Waals surface area contributed by atoms with Gasteiger partial charge in [-0.25, -0.2) is 15.0 Å². The van der Waals surface area contributed by atoms with Gasteiger partial charge in [-0.2, -0.15) is 0 Å². The van der Waals surface area contributed by atoms with E-state index in [2.05, 4.69) is 111 Å². The van der Waals surface area contributed by atoms with Gasteiger partial charge < -0.3 is 34.1 Å². The number of thioether (sulfide) groups is 1. The van der Waals surface area contributed by atoms with Crippen LogP contribution in [0.1, 0.15) is 75.6 Å². The number of unbranched alkanes of at least 4 members (excludes halogenated alkanes) is 3. The van der Waals surface area contributed by atoms with E-state index in [1.807, 2.05) is 96.7 Å². The number of carbonyl (C=O) groups excluding carboxylic acids is 1. The maximum atomic E-state index is 13.3. The number of ether oxygens (including phenoxy) is 5. The molecule has 1 amide bonds. The molecular formula is C63H61N5O7S. The van der Waals surface area contributed by atoms with Gasteiger partial charge in [0.1, 0.15) is 41.7 Å². The lowest BCUT2D eigenvalue weighted by molar-refractivity contribution is -0.103. The van der Waals surface area contributed by atoms with Gasteiger partial charge in [-0.3, -0.25) is 9.36 Å². The molecule has 0 unspecified atom stereocenters. The first-order valence-electron chi connectivity index (χ1n) is 25.7. The number of imidazole rings is 1. The monoisotopic (exact) mass is 1030 g/mol. The van der Waals surface area contributed by atoms with Gasteiger partial charge >= 0.3 is 0 Å². The Bertz CT molecular complexity index is 3100. The number of nitrogens with one attached hydrogen (secondary N) is 1. The Morgan fingerprint density at radius 3 is 1.66 bits per heavy atom. The standard InChI is InChI=1S/C63H61N5O7S/c1-71-52-36-32-47(33-37-52)62(46-24-12-6-13-25-46,48-34-38-53(72-2)39-35-48)74-42-54-57(56(69)61(75-54)68-44-66-55-58(64-43-65-59(55)68)67-60(70)45-22-10-5-11-23-45)73-40-20-3-4-21-41-76-63(49-26-14-7-15-27-49,50-28-16-8-17-29-50)51-30-18-9-19-31-51/h5-19,22-39,43-44,54,56-57,61,69H,3-4,20-21,40-42H2,1-2H3,(H,64,65,67,70)/t54-,56-,57-,61-/m1/s1. The number of hydrogen-bond acceptors (Lipinski definition) is 11. The van der Waals surface area contributed by atoms with Crippen LogP contribution in [0.25, 0.3) is 11.2 Å². The van der Waals surface area contributed by atoms with E-state index in [4.69, 9.17) is 23.7 Å². The first-order chi connectivity index (χ1) is 37.4. The number of rotatable bonds is 23. The highest BCUT2D eigenvalue weighted by Gasteiger charge is 2.48. The van der Waals surface area contributed by atoms with Crippen LogP contribution in [-0.2, 0) is 24.6 Å². The molecule has 0 bridgehead atoms. The van der Waals surface area contributed by atoms with Crippen LogP contribution in [0.15, 0.2) is 213 Å². The molecule has 1 saturated heterocycles. The van der Waals surface area contributed by atoms with Crippen molar-refractivity contribution in [1.82, 2.24) is 19.5 Å². The molecule has 3 heterocycles. The molecule has 12 nitrogen and oxygen atoms in total. The number of aliphatic hydroxyl groups excluding tert-OH is 1. The highest BCUT2D eigenvalue weighted by molar-refractivity contribution is 8.00. The van der Waals surface area contributed by atoms with Crippen LogP contribution in [0, 0.1) is 0 Å².